The minimum Gasteiger partial charge on any atom is -0.0683 e. The molecule has 84 valence electrons. The van der Waals surface area contributed by atoms with E-state index in [1.54, 1.807) is 0 Å². The van der Waals surface area contributed by atoms with E-state index in [0.29, 0.717) is 0 Å². The molecule has 17 heavy (non-hydrogen) atoms. The summed E-state index contributed by atoms with van der Waals surface area (Å²) >= 11 is 0. The van der Waals surface area contributed by atoms with Gasteiger partial charge in [-0.1, -0.05) is 59.7 Å². The Labute approximate surface area is 103 Å². The van der Waals surface area contributed by atoms with Crippen LogP contribution in [0.1, 0.15) is 23.6 Å². The number of benzene rings is 2. The molecular formula is C17H16. The van der Waals surface area contributed by atoms with Gasteiger partial charge >= 0.3 is 0 Å². The van der Waals surface area contributed by atoms with Gasteiger partial charge in [0.1, 0.15) is 0 Å². The minimum absolute atomic E-state index is 1.11. The Morgan fingerprint density at radius 2 is 1.76 bits per heavy atom. The lowest BCUT2D eigenvalue weighted by molar-refractivity contribution is 1.20. The van der Waals surface area contributed by atoms with E-state index >= 15 is 0 Å². The molecule has 2 aromatic carbocycles. The molecule has 0 aromatic heterocycles. The molecule has 0 heteroatoms. The summed E-state index contributed by atoms with van der Waals surface area (Å²) in [5.41, 5.74) is 8.34. The molecule has 0 atom stereocenters. The van der Waals surface area contributed by atoms with Gasteiger partial charge in [0, 0.05) is 0 Å². The summed E-state index contributed by atoms with van der Waals surface area (Å²) in [6, 6.07) is 15.4. The molecule has 0 heterocycles. The van der Waals surface area contributed by atoms with Crippen LogP contribution in [0.25, 0.3) is 17.2 Å². The molecule has 0 bridgehead atoms. The molecular weight excluding hydrogens is 204 g/mol. The quantitative estimate of drug-likeness (QED) is 0.657. The maximum absolute atomic E-state index is 2.33. The Balaban J connectivity index is 2.20. The summed E-state index contributed by atoms with van der Waals surface area (Å²) in [7, 11) is 0. The SMILES string of the molecule is CC1=Cc2c(cccc2-c2cccc(C)c2)C1. The third-order valence-electron chi connectivity index (χ3n) is 3.39. The summed E-state index contributed by atoms with van der Waals surface area (Å²) in [6.07, 6.45) is 3.43. The van der Waals surface area contributed by atoms with Crippen LogP contribution >= 0.6 is 0 Å². The molecule has 0 saturated heterocycles. The first-order valence-electron chi connectivity index (χ1n) is 6.10. The van der Waals surface area contributed by atoms with E-state index in [1.165, 1.54) is 33.4 Å². The van der Waals surface area contributed by atoms with Gasteiger partial charge in [-0.25, -0.2) is 0 Å². The van der Waals surface area contributed by atoms with Gasteiger partial charge in [0.25, 0.3) is 0 Å². The molecule has 0 saturated carbocycles. The van der Waals surface area contributed by atoms with Crippen LogP contribution < -0.4 is 0 Å². The second-order valence-electron chi connectivity index (χ2n) is 4.92. The van der Waals surface area contributed by atoms with Crippen molar-refractivity contribution in [3.63, 3.8) is 0 Å². The van der Waals surface area contributed by atoms with Crippen LogP contribution in [0.5, 0.6) is 0 Å². The fraction of sp³-hybridized carbons (Fsp3) is 0.176. The van der Waals surface area contributed by atoms with Gasteiger partial charge in [0.05, 0.1) is 0 Å². The first-order chi connectivity index (χ1) is 8.24. The summed E-state index contributed by atoms with van der Waals surface area (Å²) in [5.74, 6) is 0. The van der Waals surface area contributed by atoms with E-state index in [2.05, 4.69) is 62.4 Å². The summed E-state index contributed by atoms with van der Waals surface area (Å²) in [5, 5.41) is 0. The Hall–Kier alpha value is -1.82. The Kier molecular flexibility index (Phi) is 2.36. The molecule has 2 aromatic rings. The van der Waals surface area contributed by atoms with Crippen molar-refractivity contribution >= 4 is 6.08 Å². The van der Waals surface area contributed by atoms with Gasteiger partial charge in [-0.15, -0.1) is 0 Å². The van der Waals surface area contributed by atoms with E-state index in [4.69, 9.17) is 0 Å². The number of hydrogen-bond donors (Lipinski definition) is 0. The first-order valence-corrected chi connectivity index (χ1v) is 6.10. The van der Waals surface area contributed by atoms with Crippen LogP contribution in [-0.4, -0.2) is 0 Å². The number of rotatable bonds is 1. The average molecular weight is 220 g/mol. The molecule has 1 aliphatic carbocycles. The van der Waals surface area contributed by atoms with Gasteiger partial charge in [-0.05, 0) is 42.5 Å². The molecule has 3 rings (SSSR count). The third kappa shape index (κ3) is 1.80. The second-order valence-corrected chi connectivity index (χ2v) is 4.92. The van der Waals surface area contributed by atoms with Crippen molar-refractivity contribution in [2.24, 2.45) is 0 Å². The van der Waals surface area contributed by atoms with Gasteiger partial charge in [-0.2, -0.15) is 0 Å². The second kappa shape index (κ2) is 3.89. The van der Waals surface area contributed by atoms with Crippen molar-refractivity contribution in [1.29, 1.82) is 0 Å². The molecule has 0 unspecified atom stereocenters. The summed E-state index contributed by atoms with van der Waals surface area (Å²) in [4.78, 5) is 0. The first kappa shape index (κ1) is 10.3. The number of allylic oxidation sites excluding steroid dienone is 1. The average Bonchev–Trinajstić information content (AvgIpc) is 2.68. The molecule has 1 aliphatic rings. The van der Waals surface area contributed by atoms with Crippen LogP contribution in [0.2, 0.25) is 0 Å². The molecule has 0 aliphatic heterocycles. The summed E-state index contributed by atoms with van der Waals surface area (Å²) < 4.78 is 0. The lowest BCUT2D eigenvalue weighted by atomic mass is 9.96. The lowest BCUT2D eigenvalue weighted by Gasteiger charge is -2.08. The van der Waals surface area contributed by atoms with Crippen LogP contribution in [0.3, 0.4) is 0 Å². The smallest absolute Gasteiger partial charge is 0.00604 e. The largest absolute Gasteiger partial charge is 0.0683 e. The Morgan fingerprint density at radius 3 is 2.59 bits per heavy atom. The zero-order valence-electron chi connectivity index (χ0n) is 10.3. The van der Waals surface area contributed by atoms with Crippen molar-refractivity contribution in [2.45, 2.75) is 20.3 Å². The van der Waals surface area contributed by atoms with Crippen molar-refractivity contribution in [2.75, 3.05) is 0 Å². The standard InChI is InChI=1S/C17H16/c1-12-5-3-6-14(9-12)16-8-4-7-15-10-13(2)11-17(15)16/h3-9,11H,10H2,1-2H3. The van der Waals surface area contributed by atoms with Crippen molar-refractivity contribution in [3.05, 3.63) is 64.7 Å². The van der Waals surface area contributed by atoms with Crippen LogP contribution in [-0.2, 0) is 6.42 Å². The van der Waals surface area contributed by atoms with Gasteiger partial charge in [-0.3, -0.25) is 0 Å². The highest BCUT2D eigenvalue weighted by Gasteiger charge is 2.13. The van der Waals surface area contributed by atoms with Crippen molar-refractivity contribution < 1.29 is 0 Å². The van der Waals surface area contributed by atoms with Crippen molar-refractivity contribution in [1.82, 2.24) is 0 Å². The third-order valence-corrected chi connectivity index (χ3v) is 3.39. The van der Waals surface area contributed by atoms with E-state index in [1.807, 2.05) is 0 Å². The van der Waals surface area contributed by atoms with Crippen LogP contribution in [0.4, 0.5) is 0 Å². The molecule has 0 nitrogen and oxygen atoms in total. The predicted molar refractivity (Wildman–Crippen MR) is 74.0 cm³/mol. The molecule has 0 N–H and O–H groups in total. The lowest BCUT2D eigenvalue weighted by Crippen LogP contribution is -1.87. The van der Waals surface area contributed by atoms with E-state index in [0.717, 1.165) is 6.42 Å². The molecule has 0 amide bonds. The monoisotopic (exact) mass is 220 g/mol. The molecule has 0 radical (unpaired) electrons. The number of aryl methyl sites for hydroxylation is 1. The Morgan fingerprint density at radius 1 is 0.941 bits per heavy atom. The zero-order valence-corrected chi connectivity index (χ0v) is 10.3. The zero-order chi connectivity index (χ0) is 11.8. The van der Waals surface area contributed by atoms with Crippen LogP contribution in [0, 0.1) is 6.92 Å². The van der Waals surface area contributed by atoms with Gasteiger partial charge in [0.2, 0.25) is 0 Å². The predicted octanol–water partition coefficient (Wildman–Crippen LogP) is 4.62. The van der Waals surface area contributed by atoms with Gasteiger partial charge < -0.3 is 0 Å². The maximum atomic E-state index is 2.33. The van der Waals surface area contributed by atoms with Gasteiger partial charge in [0.15, 0.2) is 0 Å². The molecule has 0 spiro atoms. The highest BCUT2D eigenvalue weighted by atomic mass is 14.2. The van der Waals surface area contributed by atoms with Crippen molar-refractivity contribution in [3.8, 4) is 11.1 Å². The summed E-state index contributed by atoms with van der Waals surface area (Å²) in [6.45, 7) is 4.35. The Bertz CT molecular complexity index is 603. The fourth-order valence-electron chi connectivity index (χ4n) is 2.60. The fourth-order valence-corrected chi connectivity index (χ4v) is 2.60. The minimum atomic E-state index is 1.11. The maximum Gasteiger partial charge on any atom is -0.00604 e. The highest BCUT2D eigenvalue weighted by molar-refractivity contribution is 5.80. The highest BCUT2D eigenvalue weighted by Crippen LogP contribution is 2.33. The molecule has 0 fully saturated rings. The van der Waals surface area contributed by atoms with E-state index in [-0.39, 0.29) is 0 Å². The number of fused-ring (bicyclic) bond motifs is 1. The van der Waals surface area contributed by atoms with E-state index in [9.17, 15) is 0 Å². The van der Waals surface area contributed by atoms with E-state index < -0.39 is 0 Å². The topological polar surface area (TPSA) is 0 Å². The normalized spacial score (nSPS) is 13.4. The van der Waals surface area contributed by atoms with Crippen LogP contribution in [0.15, 0.2) is 48.0 Å². The number of hydrogen-bond acceptors (Lipinski definition) is 0.